The topological polar surface area (TPSA) is 41.3 Å². The van der Waals surface area contributed by atoms with Crippen LogP contribution in [0.3, 0.4) is 0 Å². The van der Waals surface area contributed by atoms with Crippen LogP contribution in [0.4, 0.5) is 5.69 Å². The zero-order chi connectivity index (χ0) is 10.1. The molecule has 2 rings (SSSR count). The standard InChI is InChI=1S/C11H6N2O/c1-7-5-8(6-12)11-9(3-4-14-11)10(7)13-2/h3-5H,1H3. The molecule has 66 valence electrons. The maximum Gasteiger partial charge on any atom is 0.201 e. The zero-order valence-electron chi connectivity index (χ0n) is 7.53. The monoisotopic (exact) mass is 182 g/mol. The van der Waals surface area contributed by atoms with Gasteiger partial charge < -0.3 is 4.42 Å². The third-order valence-corrected chi connectivity index (χ3v) is 2.13. The first-order valence-corrected chi connectivity index (χ1v) is 4.06. The molecule has 0 saturated carbocycles. The second kappa shape index (κ2) is 2.90. The molecular weight excluding hydrogens is 176 g/mol. The van der Waals surface area contributed by atoms with Gasteiger partial charge in [0.25, 0.3) is 0 Å². The van der Waals surface area contributed by atoms with Gasteiger partial charge in [0.15, 0.2) is 0 Å². The quantitative estimate of drug-likeness (QED) is 0.587. The van der Waals surface area contributed by atoms with Crippen molar-refractivity contribution in [1.29, 1.82) is 5.26 Å². The van der Waals surface area contributed by atoms with E-state index in [1.807, 2.05) is 6.92 Å². The normalized spacial score (nSPS) is 9.64. The smallest absolute Gasteiger partial charge is 0.201 e. The summed E-state index contributed by atoms with van der Waals surface area (Å²) in [6.07, 6.45) is 1.50. The minimum atomic E-state index is 0.481. The highest BCUT2D eigenvalue weighted by Crippen LogP contribution is 2.32. The van der Waals surface area contributed by atoms with Gasteiger partial charge in [-0.05, 0) is 24.6 Å². The highest BCUT2D eigenvalue weighted by Gasteiger charge is 2.11. The zero-order valence-corrected chi connectivity index (χ0v) is 7.53. The number of nitrogens with zero attached hydrogens (tertiary/aromatic N) is 2. The molecular formula is C11H6N2O. The number of aryl methyl sites for hydroxylation is 1. The third-order valence-electron chi connectivity index (χ3n) is 2.13. The van der Waals surface area contributed by atoms with Gasteiger partial charge in [-0.1, -0.05) is 0 Å². The summed E-state index contributed by atoms with van der Waals surface area (Å²) in [5, 5.41) is 9.57. The van der Waals surface area contributed by atoms with Crippen LogP contribution in [0.25, 0.3) is 15.8 Å². The molecule has 0 radical (unpaired) electrons. The summed E-state index contributed by atoms with van der Waals surface area (Å²) in [4.78, 5) is 3.43. The Morgan fingerprint density at radius 2 is 2.36 bits per heavy atom. The molecule has 1 aromatic carbocycles. The Morgan fingerprint density at radius 1 is 1.57 bits per heavy atom. The Kier molecular flexibility index (Phi) is 1.73. The lowest BCUT2D eigenvalue weighted by Crippen LogP contribution is -1.80. The second-order valence-corrected chi connectivity index (χ2v) is 2.98. The highest BCUT2D eigenvalue weighted by molar-refractivity contribution is 5.96. The maximum absolute atomic E-state index is 8.85. The molecule has 1 aromatic heterocycles. The molecule has 0 N–H and O–H groups in total. The lowest BCUT2D eigenvalue weighted by Gasteiger charge is -1.99. The van der Waals surface area contributed by atoms with Crippen molar-refractivity contribution >= 4 is 16.7 Å². The van der Waals surface area contributed by atoms with Crippen molar-refractivity contribution in [3.8, 4) is 6.07 Å². The van der Waals surface area contributed by atoms with E-state index < -0.39 is 0 Å². The van der Waals surface area contributed by atoms with Crippen LogP contribution in [0.15, 0.2) is 22.8 Å². The predicted octanol–water partition coefficient (Wildman–Crippen LogP) is 3.16. The largest absolute Gasteiger partial charge is 0.464 e. The molecule has 0 unspecified atom stereocenters. The lowest BCUT2D eigenvalue weighted by molar-refractivity contribution is 0.615. The number of furan rings is 1. The Bertz CT molecular complexity index is 582. The van der Waals surface area contributed by atoms with Crippen LogP contribution >= 0.6 is 0 Å². The van der Waals surface area contributed by atoms with Gasteiger partial charge in [-0.2, -0.15) is 5.26 Å². The van der Waals surface area contributed by atoms with E-state index in [9.17, 15) is 0 Å². The average Bonchev–Trinajstić information content (AvgIpc) is 2.65. The van der Waals surface area contributed by atoms with Crippen molar-refractivity contribution in [2.45, 2.75) is 6.92 Å². The minimum absolute atomic E-state index is 0.481. The molecule has 0 atom stereocenters. The van der Waals surface area contributed by atoms with Crippen LogP contribution in [-0.2, 0) is 0 Å². The van der Waals surface area contributed by atoms with Crippen LogP contribution in [0.2, 0.25) is 0 Å². The van der Waals surface area contributed by atoms with Gasteiger partial charge in [0.2, 0.25) is 5.69 Å². The fourth-order valence-electron chi connectivity index (χ4n) is 1.50. The van der Waals surface area contributed by atoms with Crippen molar-refractivity contribution in [3.05, 3.63) is 40.9 Å². The van der Waals surface area contributed by atoms with Gasteiger partial charge in [0.05, 0.1) is 18.4 Å². The highest BCUT2D eigenvalue weighted by atomic mass is 16.3. The van der Waals surface area contributed by atoms with Crippen LogP contribution in [0.1, 0.15) is 11.1 Å². The number of hydrogen-bond donors (Lipinski definition) is 0. The molecule has 2 aromatic rings. The molecule has 1 heterocycles. The van der Waals surface area contributed by atoms with Crippen LogP contribution in [0, 0.1) is 24.8 Å². The average molecular weight is 182 g/mol. The van der Waals surface area contributed by atoms with Crippen molar-refractivity contribution in [3.63, 3.8) is 0 Å². The Morgan fingerprint density at radius 3 is 3.00 bits per heavy atom. The van der Waals surface area contributed by atoms with Gasteiger partial charge in [0.1, 0.15) is 11.7 Å². The predicted molar refractivity (Wildman–Crippen MR) is 51.9 cm³/mol. The molecule has 0 bridgehead atoms. The Hall–Kier alpha value is -2.26. The maximum atomic E-state index is 8.85. The fourth-order valence-corrected chi connectivity index (χ4v) is 1.50. The SMILES string of the molecule is [C-]#[N+]c1c(C)cc(C#N)c2occc12. The van der Waals surface area contributed by atoms with Crippen molar-refractivity contribution in [2.24, 2.45) is 0 Å². The second-order valence-electron chi connectivity index (χ2n) is 2.98. The molecule has 14 heavy (non-hydrogen) atoms. The fraction of sp³-hybridized carbons (Fsp3) is 0.0909. The first-order chi connectivity index (χ1) is 6.77. The summed E-state index contributed by atoms with van der Waals surface area (Å²) in [6, 6.07) is 5.45. The summed E-state index contributed by atoms with van der Waals surface area (Å²) in [6.45, 7) is 8.85. The minimum Gasteiger partial charge on any atom is -0.464 e. The Balaban J connectivity index is 3.00. The number of benzene rings is 1. The van der Waals surface area contributed by atoms with E-state index in [2.05, 4.69) is 10.9 Å². The van der Waals surface area contributed by atoms with Crippen LogP contribution in [0.5, 0.6) is 0 Å². The van der Waals surface area contributed by atoms with E-state index in [4.69, 9.17) is 16.3 Å². The molecule has 0 spiro atoms. The number of hydrogen-bond acceptors (Lipinski definition) is 2. The molecule has 3 heteroatoms. The van der Waals surface area contributed by atoms with E-state index in [0.717, 1.165) is 10.9 Å². The first-order valence-electron chi connectivity index (χ1n) is 4.06. The summed E-state index contributed by atoms with van der Waals surface area (Å²) in [7, 11) is 0. The molecule has 0 aliphatic rings. The summed E-state index contributed by atoms with van der Waals surface area (Å²) in [5.41, 5.74) is 2.36. The Labute approximate surface area is 81.0 Å². The molecule has 0 aliphatic carbocycles. The van der Waals surface area contributed by atoms with Crippen LogP contribution < -0.4 is 0 Å². The molecule has 0 saturated heterocycles. The number of fused-ring (bicyclic) bond motifs is 1. The van der Waals surface area contributed by atoms with Crippen molar-refractivity contribution < 1.29 is 4.42 Å². The summed E-state index contributed by atoms with van der Waals surface area (Å²) in [5.74, 6) is 0. The van der Waals surface area contributed by atoms with Crippen LogP contribution in [-0.4, -0.2) is 0 Å². The lowest BCUT2D eigenvalue weighted by atomic mass is 10.1. The van der Waals surface area contributed by atoms with E-state index in [1.165, 1.54) is 6.26 Å². The third kappa shape index (κ3) is 0.967. The number of nitriles is 1. The van der Waals surface area contributed by atoms with Crippen molar-refractivity contribution in [2.75, 3.05) is 0 Å². The van der Waals surface area contributed by atoms with E-state index in [-0.39, 0.29) is 0 Å². The van der Waals surface area contributed by atoms with Gasteiger partial charge in [0, 0.05) is 5.39 Å². The van der Waals surface area contributed by atoms with Gasteiger partial charge in [-0.15, -0.1) is 0 Å². The molecule has 0 amide bonds. The molecule has 0 fully saturated rings. The molecule has 3 nitrogen and oxygen atoms in total. The molecule has 0 aliphatic heterocycles. The summed E-state index contributed by atoms with van der Waals surface area (Å²) < 4.78 is 5.17. The van der Waals surface area contributed by atoms with Gasteiger partial charge >= 0.3 is 0 Å². The van der Waals surface area contributed by atoms with Gasteiger partial charge in [-0.3, -0.25) is 0 Å². The van der Waals surface area contributed by atoms with Crippen molar-refractivity contribution in [1.82, 2.24) is 0 Å². The number of rotatable bonds is 0. The van der Waals surface area contributed by atoms with E-state index in [1.54, 1.807) is 12.1 Å². The van der Waals surface area contributed by atoms with E-state index in [0.29, 0.717) is 16.8 Å². The first kappa shape index (κ1) is 8.34. The summed E-state index contributed by atoms with van der Waals surface area (Å²) >= 11 is 0. The van der Waals surface area contributed by atoms with Gasteiger partial charge in [-0.25, -0.2) is 4.85 Å². The van der Waals surface area contributed by atoms with E-state index >= 15 is 0 Å².